The van der Waals surface area contributed by atoms with E-state index in [9.17, 15) is 4.79 Å². The summed E-state index contributed by atoms with van der Waals surface area (Å²) in [5.74, 6) is 0.687. The van der Waals surface area contributed by atoms with Crippen LogP contribution in [-0.2, 0) is 9.53 Å². The van der Waals surface area contributed by atoms with Gasteiger partial charge in [-0.15, -0.1) is 10.2 Å². The number of carbonyl (C=O) groups excluding carboxylic acids is 1. The molecule has 3 saturated heterocycles. The normalized spacial score (nSPS) is 31.3. The maximum atomic E-state index is 12.8. The minimum Gasteiger partial charge on any atom is -0.363 e. The zero-order chi connectivity index (χ0) is 16.7. The molecule has 3 fully saturated rings. The number of carbonyl (C=O) groups is 1. The SMILES string of the molecule is Cc1nnc(N2CC[C@@H]3C[C@@H](C(=O)N4CCN(C)CC4)O[C@@H]3C2)s1. The van der Waals surface area contributed by atoms with Gasteiger partial charge in [-0.2, -0.15) is 0 Å². The van der Waals surface area contributed by atoms with E-state index in [1.807, 2.05) is 11.8 Å². The maximum Gasteiger partial charge on any atom is 0.251 e. The van der Waals surface area contributed by atoms with Crippen LogP contribution < -0.4 is 4.90 Å². The molecule has 1 amide bonds. The molecule has 0 unspecified atom stereocenters. The topological polar surface area (TPSA) is 61.8 Å². The molecule has 24 heavy (non-hydrogen) atoms. The van der Waals surface area contributed by atoms with Crippen molar-refractivity contribution in [1.29, 1.82) is 0 Å². The van der Waals surface area contributed by atoms with Crippen molar-refractivity contribution in [2.24, 2.45) is 5.92 Å². The summed E-state index contributed by atoms with van der Waals surface area (Å²) in [4.78, 5) is 19.3. The third-order valence-electron chi connectivity index (χ3n) is 5.43. The average molecular weight is 351 g/mol. The van der Waals surface area contributed by atoms with Crippen LogP contribution in [0.4, 0.5) is 5.13 Å². The Morgan fingerprint density at radius 1 is 1.21 bits per heavy atom. The van der Waals surface area contributed by atoms with Crippen LogP contribution in [0, 0.1) is 12.8 Å². The van der Waals surface area contributed by atoms with E-state index >= 15 is 0 Å². The summed E-state index contributed by atoms with van der Waals surface area (Å²) in [7, 11) is 2.10. The van der Waals surface area contributed by atoms with Crippen molar-refractivity contribution < 1.29 is 9.53 Å². The highest BCUT2D eigenvalue weighted by Crippen LogP contribution is 2.36. The van der Waals surface area contributed by atoms with E-state index in [2.05, 4.69) is 27.0 Å². The van der Waals surface area contributed by atoms with Crippen LogP contribution in [-0.4, -0.2) is 84.4 Å². The largest absolute Gasteiger partial charge is 0.363 e. The van der Waals surface area contributed by atoms with Crippen molar-refractivity contribution in [1.82, 2.24) is 20.0 Å². The van der Waals surface area contributed by atoms with Gasteiger partial charge in [0.25, 0.3) is 5.91 Å². The predicted molar refractivity (Wildman–Crippen MR) is 92.3 cm³/mol. The zero-order valence-corrected chi connectivity index (χ0v) is 15.2. The van der Waals surface area contributed by atoms with Crippen LogP contribution in [0.5, 0.6) is 0 Å². The van der Waals surface area contributed by atoms with Crippen molar-refractivity contribution in [3.8, 4) is 0 Å². The van der Waals surface area contributed by atoms with Gasteiger partial charge >= 0.3 is 0 Å². The van der Waals surface area contributed by atoms with Gasteiger partial charge in [-0.3, -0.25) is 4.79 Å². The first-order valence-electron chi connectivity index (χ1n) is 8.78. The predicted octanol–water partition coefficient (Wildman–Crippen LogP) is 0.604. The molecule has 3 aliphatic heterocycles. The molecule has 8 heteroatoms. The first-order valence-corrected chi connectivity index (χ1v) is 9.59. The summed E-state index contributed by atoms with van der Waals surface area (Å²) in [6, 6.07) is 0. The van der Waals surface area contributed by atoms with Crippen LogP contribution in [0.2, 0.25) is 0 Å². The lowest BCUT2D eigenvalue weighted by molar-refractivity contribution is -0.144. The second kappa shape index (κ2) is 6.57. The molecule has 0 aliphatic carbocycles. The van der Waals surface area contributed by atoms with Gasteiger partial charge in [0.2, 0.25) is 5.13 Å². The number of likely N-dealkylation sites (N-methyl/N-ethyl adjacent to an activating group) is 1. The number of aryl methyl sites for hydroxylation is 1. The molecule has 1 aromatic rings. The Morgan fingerprint density at radius 2 is 2.00 bits per heavy atom. The number of aromatic nitrogens is 2. The number of rotatable bonds is 2. The first kappa shape index (κ1) is 16.2. The Labute approximate surface area is 146 Å². The van der Waals surface area contributed by atoms with E-state index in [-0.39, 0.29) is 18.1 Å². The molecule has 0 bridgehead atoms. The number of piperazine rings is 1. The lowest BCUT2D eigenvalue weighted by Crippen LogP contribution is -2.50. The summed E-state index contributed by atoms with van der Waals surface area (Å²) in [6.07, 6.45) is 1.83. The highest BCUT2D eigenvalue weighted by molar-refractivity contribution is 7.15. The van der Waals surface area contributed by atoms with Crippen molar-refractivity contribution in [3.05, 3.63) is 5.01 Å². The van der Waals surface area contributed by atoms with Gasteiger partial charge in [-0.1, -0.05) is 11.3 Å². The summed E-state index contributed by atoms with van der Waals surface area (Å²) in [5.41, 5.74) is 0. The van der Waals surface area contributed by atoms with Gasteiger partial charge in [0.15, 0.2) is 0 Å². The van der Waals surface area contributed by atoms with Gasteiger partial charge in [-0.05, 0) is 32.7 Å². The number of nitrogens with zero attached hydrogens (tertiary/aromatic N) is 5. The Hall–Kier alpha value is -1.25. The Bertz CT molecular complexity index is 601. The zero-order valence-electron chi connectivity index (χ0n) is 14.3. The maximum absolute atomic E-state index is 12.8. The van der Waals surface area contributed by atoms with E-state index in [0.29, 0.717) is 5.92 Å². The summed E-state index contributed by atoms with van der Waals surface area (Å²) >= 11 is 1.63. The van der Waals surface area contributed by atoms with E-state index in [4.69, 9.17) is 4.74 Å². The molecular formula is C16H25N5O2S. The van der Waals surface area contributed by atoms with E-state index in [1.54, 1.807) is 11.3 Å². The highest BCUT2D eigenvalue weighted by atomic mass is 32.1. The van der Waals surface area contributed by atoms with Crippen LogP contribution in [0.25, 0.3) is 0 Å². The Balaban J connectivity index is 1.36. The smallest absolute Gasteiger partial charge is 0.251 e. The quantitative estimate of drug-likeness (QED) is 0.778. The third kappa shape index (κ3) is 3.14. The minimum atomic E-state index is -0.250. The molecule has 0 aromatic carbocycles. The Morgan fingerprint density at radius 3 is 2.71 bits per heavy atom. The second-order valence-corrected chi connectivity index (χ2v) is 8.29. The Kier molecular flexibility index (Phi) is 4.44. The third-order valence-corrected chi connectivity index (χ3v) is 6.33. The average Bonchev–Trinajstić information content (AvgIpc) is 3.20. The van der Waals surface area contributed by atoms with Crippen molar-refractivity contribution in [2.75, 3.05) is 51.2 Å². The fourth-order valence-corrected chi connectivity index (χ4v) is 4.63. The minimum absolute atomic E-state index is 0.143. The van der Waals surface area contributed by atoms with Crippen LogP contribution in [0.1, 0.15) is 17.8 Å². The molecular weight excluding hydrogens is 326 g/mol. The molecule has 3 aliphatic rings. The molecule has 7 nitrogen and oxygen atoms in total. The van der Waals surface area contributed by atoms with Gasteiger partial charge in [-0.25, -0.2) is 0 Å². The van der Waals surface area contributed by atoms with Crippen LogP contribution >= 0.6 is 11.3 Å². The molecule has 132 valence electrons. The second-order valence-electron chi connectivity index (χ2n) is 7.13. The lowest BCUT2D eigenvalue weighted by Gasteiger charge is -2.34. The monoisotopic (exact) mass is 351 g/mol. The van der Waals surface area contributed by atoms with Crippen molar-refractivity contribution >= 4 is 22.4 Å². The standard InChI is InChI=1S/C16H25N5O2S/c1-11-17-18-16(24-11)21-4-3-12-9-13(23-14(12)10-21)15(22)20-7-5-19(2)6-8-20/h12-14H,3-10H2,1-2H3/t12-,13+,14-/m1/s1. The molecule has 0 radical (unpaired) electrons. The number of anilines is 1. The summed E-state index contributed by atoms with van der Waals surface area (Å²) < 4.78 is 6.18. The molecule has 0 spiro atoms. The molecule has 1 aromatic heterocycles. The van der Waals surface area contributed by atoms with Gasteiger partial charge in [0.1, 0.15) is 11.1 Å². The number of hydrogen-bond donors (Lipinski definition) is 0. The van der Waals surface area contributed by atoms with Crippen molar-refractivity contribution in [3.63, 3.8) is 0 Å². The van der Waals surface area contributed by atoms with Crippen LogP contribution in [0.3, 0.4) is 0 Å². The highest BCUT2D eigenvalue weighted by Gasteiger charge is 2.43. The van der Waals surface area contributed by atoms with Gasteiger partial charge in [0, 0.05) is 39.3 Å². The molecule has 3 atom stereocenters. The summed E-state index contributed by atoms with van der Waals surface area (Å²) in [6.45, 7) is 7.33. The number of fused-ring (bicyclic) bond motifs is 1. The lowest BCUT2D eigenvalue weighted by atomic mass is 9.92. The number of hydrogen-bond acceptors (Lipinski definition) is 7. The molecule has 0 saturated carbocycles. The van der Waals surface area contributed by atoms with Crippen LogP contribution in [0.15, 0.2) is 0 Å². The van der Waals surface area contributed by atoms with E-state index in [0.717, 1.165) is 62.2 Å². The number of ether oxygens (including phenoxy) is 1. The first-order chi connectivity index (χ1) is 11.6. The summed E-state index contributed by atoms with van der Waals surface area (Å²) in [5, 5.41) is 10.3. The molecule has 4 heterocycles. The fraction of sp³-hybridized carbons (Fsp3) is 0.812. The van der Waals surface area contributed by atoms with Crippen molar-refractivity contribution in [2.45, 2.75) is 32.0 Å². The van der Waals surface area contributed by atoms with E-state index < -0.39 is 0 Å². The number of piperidine rings is 1. The van der Waals surface area contributed by atoms with E-state index in [1.165, 1.54) is 0 Å². The van der Waals surface area contributed by atoms with Gasteiger partial charge in [0.05, 0.1) is 6.10 Å². The molecule has 4 rings (SSSR count). The fourth-order valence-electron chi connectivity index (χ4n) is 3.91. The number of amides is 1. The molecule has 0 N–H and O–H groups in total. The van der Waals surface area contributed by atoms with Gasteiger partial charge < -0.3 is 19.4 Å².